The Labute approximate surface area is 126 Å². The van der Waals surface area contributed by atoms with E-state index in [1.807, 2.05) is 0 Å². The van der Waals surface area contributed by atoms with Gasteiger partial charge in [-0.2, -0.15) is 0 Å². The van der Waals surface area contributed by atoms with E-state index in [0.717, 1.165) is 5.56 Å². The molecule has 1 aromatic carbocycles. The highest BCUT2D eigenvalue weighted by atomic mass is 32.2. The molecule has 0 unspecified atom stereocenters. The fourth-order valence-electron chi connectivity index (χ4n) is 2.29. The van der Waals surface area contributed by atoms with Crippen LogP contribution < -0.4 is 9.03 Å². The highest BCUT2D eigenvalue weighted by Gasteiger charge is 2.28. The second-order valence-electron chi connectivity index (χ2n) is 5.16. The molecule has 1 N–H and O–H groups in total. The van der Waals surface area contributed by atoms with Gasteiger partial charge >= 0.3 is 0 Å². The first-order valence-electron chi connectivity index (χ1n) is 6.87. The van der Waals surface area contributed by atoms with Gasteiger partial charge in [0.1, 0.15) is 0 Å². The highest BCUT2D eigenvalue weighted by molar-refractivity contribution is 7.93. The summed E-state index contributed by atoms with van der Waals surface area (Å²) in [6, 6.07) is 5.02. The minimum atomic E-state index is -3.39. The van der Waals surface area contributed by atoms with Crippen LogP contribution in [-0.4, -0.2) is 34.9 Å². The van der Waals surface area contributed by atoms with Gasteiger partial charge in [-0.25, -0.2) is 16.8 Å². The molecular formula is C13H20N2O4S2. The predicted molar refractivity (Wildman–Crippen MR) is 84.6 cm³/mol. The molecule has 0 bridgehead atoms. The van der Waals surface area contributed by atoms with Crippen molar-refractivity contribution < 1.29 is 16.8 Å². The zero-order valence-electron chi connectivity index (χ0n) is 12.2. The van der Waals surface area contributed by atoms with Crippen LogP contribution in [0.3, 0.4) is 0 Å². The summed E-state index contributed by atoms with van der Waals surface area (Å²) < 4.78 is 51.5. The van der Waals surface area contributed by atoms with E-state index in [-0.39, 0.29) is 11.5 Å². The van der Waals surface area contributed by atoms with E-state index in [1.165, 1.54) is 4.31 Å². The molecule has 21 heavy (non-hydrogen) atoms. The smallest absolute Gasteiger partial charge is 0.235 e. The van der Waals surface area contributed by atoms with Gasteiger partial charge in [0, 0.05) is 6.54 Å². The van der Waals surface area contributed by atoms with E-state index in [1.54, 1.807) is 32.0 Å². The van der Waals surface area contributed by atoms with E-state index in [0.29, 0.717) is 30.8 Å². The van der Waals surface area contributed by atoms with Crippen molar-refractivity contribution in [1.29, 1.82) is 0 Å². The number of nitrogens with one attached hydrogen (secondary N) is 1. The summed E-state index contributed by atoms with van der Waals surface area (Å²) in [5.41, 5.74) is 1.70. The third-order valence-electron chi connectivity index (χ3n) is 3.35. The Morgan fingerprint density at radius 1 is 1.33 bits per heavy atom. The molecule has 1 aliphatic rings. The lowest BCUT2D eigenvalue weighted by molar-refractivity contribution is 0.598. The van der Waals surface area contributed by atoms with Crippen LogP contribution in [0.15, 0.2) is 18.2 Å². The number of nitrogens with zero attached hydrogens (tertiary/aromatic N) is 1. The van der Waals surface area contributed by atoms with Crippen LogP contribution in [0, 0.1) is 6.92 Å². The van der Waals surface area contributed by atoms with Gasteiger partial charge in [0.25, 0.3) is 0 Å². The van der Waals surface area contributed by atoms with Gasteiger partial charge in [0.15, 0.2) is 0 Å². The lowest BCUT2D eigenvalue weighted by Gasteiger charge is -2.19. The van der Waals surface area contributed by atoms with Gasteiger partial charge in [-0.1, -0.05) is 13.0 Å². The van der Waals surface area contributed by atoms with Gasteiger partial charge < -0.3 is 0 Å². The standard InChI is InChI=1S/C13H20N2O4S2/c1-3-8-20(16,17)14-13-10-12(6-5-11(13)2)15-7-4-9-21(15,18)19/h5-6,10,14H,3-4,7-9H2,1-2H3. The summed E-state index contributed by atoms with van der Waals surface area (Å²) >= 11 is 0. The number of benzene rings is 1. The van der Waals surface area contributed by atoms with Crippen molar-refractivity contribution in [3.8, 4) is 0 Å². The van der Waals surface area contributed by atoms with Gasteiger partial charge in [0.2, 0.25) is 20.0 Å². The van der Waals surface area contributed by atoms with Crippen molar-refractivity contribution in [1.82, 2.24) is 0 Å². The van der Waals surface area contributed by atoms with Crippen LogP contribution in [0.2, 0.25) is 0 Å². The zero-order chi connectivity index (χ0) is 15.7. The molecule has 1 fully saturated rings. The minimum Gasteiger partial charge on any atom is -0.283 e. The lowest BCUT2D eigenvalue weighted by atomic mass is 10.2. The SMILES string of the molecule is CCCS(=O)(=O)Nc1cc(N2CCCS2(=O)=O)ccc1C. The first-order chi connectivity index (χ1) is 9.75. The molecule has 1 saturated heterocycles. The molecule has 0 saturated carbocycles. The fraction of sp³-hybridized carbons (Fsp3) is 0.538. The quantitative estimate of drug-likeness (QED) is 0.889. The zero-order valence-corrected chi connectivity index (χ0v) is 13.8. The molecule has 1 aromatic rings. The Hall–Kier alpha value is -1.28. The summed E-state index contributed by atoms with van der Waals surface area (Å²) in [5.74, 6) is 0.177. The Bertz CT molecular complexity index is 727. The minimum absolute atomic E-state index is 0.0404. The molecule has 0 atom stereocenters. The van der Waals surface area contributed by atoms with Crippen molar-refractivity contribution in [2.75, 3.05) is 27.1 Å². The topological polar surface area (TPSA) is 83.6 Å². The van der Waals surface area contributed by atoms with Crippen molar-refractivity contribution in [2.45, 2.75) is 26.7 Å². The molecule has 6 nitrogen and oxygen atoms in total. The first-order valence-corrected chi connectivity index (χ1v) is 10.1. The molecule has 0 radical (unpaired) electrons. The van der Waals surface area contributed by atoms with Gasteiger partial charge in [-0.05, 0) is 37.5 Å². The molecule has 118 valence electrons. The van der Waals surface area contributed by atoms with E-state index < -0.39 is 20.0 Å². The van der Waals surface area contributed by atoms with Gasteiger partial charge in [-0.15, -0.1) is 0 Å². The Morgan fingerprint density at radius 3 is 2.62 bits per heavy atom. The normalized spacial score (nSPS) is 17.9. The number of sulfonamides is 2. The summed E-state index contributed by atoms with van der Waals surface area (Å²) in [6.45, 7) is 4.01. The van der Waals surface area contributed by atoms with E-state index >= 15 is 0 Å². The summed E-state index contributed by atoms with van der Waals surface area (Å²) in [5, 5.41) is 0. The van der Waals surface area contributed by atoms with Crippen molar-refractivity contribution in [3.63, 3.8) is 0 Å². The molecule has 0 spiro atoms. The monoisotopic (exact) mass is 332 g/mol. The second kappa shape index (κ2) is 5.84. The maximum atomic E-state index is 11.9. The van der Waals surface area contributed by atoms with Crippen LogP contribution in [-0.2, 0) is 20.0 Å². The van der Waals surface area contributed by atoms with Crippen molar-refractivity contribution in [3.05, 3.63) is 23.8 Å². The third-order valence-corrected chi connectivity index (χ3v) is 6.69. The number of aryl methyl sites for hydroxylation is 1. The van der Waals surface area contributed by atoms with Crippen LogP contribution in [0.5, 0.6) is 0 Å². The Kier molecular flexibility index (Phi) is 4.48. The predicted octanol–water partition coefficient (Wildman–Crippen LogP) is 1.69. The van der Waals surface area contributed by atoms with Crippen LogP contribution >= 0.6 is 0 Å². The summed E-state index contributed by atoms with van der Waals surface area (Å²) in [6.07, 6.45) is 1.11. The Balaban J connectivity index is 2.34. The lowest BCUT2D eigenvalue weighted by Crippen LogP contribution is -2.25. The van der Waals surface area contributed by atoms with Crippen LogP contribution in [0.25, 0.3) is 0 Å². The molecular weight excluding hydrogens is 312 g/mol. The molecule has 0 amide bonds. The fourth-order valence-corrected chi connectivity index (χ4v) is 5.04. The van der Waals surface area contributed by atoms with E-state index in [2.05, 4.69) is 4.72 Å². The van der Waals surface area contributed by atoms with Gasteiger partial charge in [0.05, 0.1) is 22.9 Å². The highest BCUT2D eigenvalue weighted by Crippen LogP contribution is 2.29. The molecule has 2 rings (SSSR count). The van der Waals surface area contributed by atoms with Crippen molar-refractivity contribution in [2.24, 2.45) is 0 Å². The largest absolute Gasteiger partial charge is 0.283 e. The van der Waals surface area contributed by atoms with E-state index in [4.69, 9.17) is 0 Å². The third kappa shape index (κ3) is 3.68. The maximum absolute atomic E-state index is 11.9. The average molecular weight is 332 g/mol. The van der Waals surface area contributed by atoms with E-state index in [9.17, 15) is 16.8 Å². The van der Waals surface area contributed by atoms with Crippen molar-refractivity contribution >= 4 is 31.4 Å². The number of anilines is 2. The van der Waals surface area contributed by atoms with Crippen LogP contribution in [0.1, 0.15) is 25.3 Å². The molecule has 1 heterocycles. The molecule has 0 aliphatic carbocycles. The molecule has 0 aromatic heterocycles. The Morgan fingerprint density at radius 2 is 2.05 bits per heavy atom. The molecule has 8 heteroatoms. The number of hydrogen-bond acceptors (Lipinski definition) is 4. The summed E-state index contributed by atoms with van der Waals surface area (Å²) in [4.78, 5) is 0. The first kappa shape index (κ1) is 16.1. The average Bonchev–Trinajstić information content (AvgIpc) is 2.71. The maximum Gasteiger partial charge on any atom is 0.235 e. The number of hydrogen-bond donors (Lipinski definition) is 1. The molecule has 1 aliphatic heterocycles. The van der Waals surface area contributed by atoms with Gasteiger partial charge in [-0.3, -0.25) is 9.03 Å². The summed E-state index contributed by atoms with van der Waals surface area (Å²) in [7, 11) is -6.66. The number of rotatable bonds is 5. The second-order valence-corrected chi connectivity index (χ2v) is 9.02. The van der Waals surface area contributed by atoms with Crippen LogP contribution in [0.4, 0.5) is 11.4 Å².